The number of nitrogens with one attached hydrogen (secondary N) is 1. The number of hydrogen-bond acceptors (Lipinski definition) is 4. The quantitative estimate of drug-likeness (QED) is 0.229. The zero-order valence-corrected chi connectivity index (χ0v) is 22.8. The van der Waals surface area contributed by atoms with Crippen molar-refractivity contribution < 1.29 is 26.4 Å². The van der Waals surface area contributed by atoms with Gasteiger partial charge in [0.15, 0.2) is 0 Å². The molecule has 0 unspecified atom stereocenters. The normalized spacial score (nSPS) is 11.7. The minimum atomic E-state index is -4.83. The summed E-state index contributed by atoms with van der Waals surface area (Å²) < 4.78 is 68.7. The van der Waals surface area contributed by atoms with E-state index in [1.807, 2.05) is 30.3 Å². The van der Waals surface area contributed by atoms with Crippen LogP contribution in [-0.2, 0) is 21.0 Å². The summed E-state index contributed by atoms with van der Waals surface area (Å²) in [5.74, 6) is -0.740. The van der Waals surface area contributed by atoms with Crippen molar-refractivity contribution in [3.8, 4) is 0 Å². The van der Waals surface area contributed by atoms with Crippen LogP contribution in [0.2, 0.25) is 5.02 Å². The molecule has 0 saturated heterocycles. The second kappa shape index (κ2) is 11.7. The Hall–Kier alpha value is -3.47. The van der Waals surface area contributed by atoms with Crippen LogP contribution in [0.4, 0.5) is 24.5 Å². The maximum atomic E-state index is 13.6. The van der Waals surface area contributed by atoms with E-state index in [9.17, 15) is 26.4 Å². The van der Waals surface area contributed by atoms with Gasteiger partial charge in [0.05, 0.1) is 26.9 Å². The van der Waals surface area contributed by atoms with E-state index in [0.717, 1.165) is 22.6 Å². The van der Waals surface area contributed by atoms with Gasteiger partial charge in [-0.25, -0.2) is 8.42 Å². The number of rotatable bonds is 8. The van der Waals surface area contributed by atoms with Crippen LogP contribution in [0, 0.1) is 6.92 Å². The monoisotopic (exact) mass is 590 g/mol. The molecule has 1 amide bonds. The predicted molar refractivity (Wildman–Crippen MR) is 148 cm³/mol. The van der Waals surface area contributed by atoms with Gasteiger partial charge in [-0.2, -0.15) is 13.2 Å². The first-order chi connectivity index (χ1) is 18.4. The molecule has 0 aliphatic rings. The minimum absolute atomic E-state index is 0.176. The van der Waals surface area contributed by atoms with Gasteiger partial charge in [0, 0.05) is 9.79 Å². The van der Waals surface area contributed by atoms with Gasteiger partial charge in [0.1, 0.15) is 6.54 Å². The molecule has 0 aliphatic carbocycles. The first-order valence-corrected chi connectivity index (χ1v) is 14.2. The van der Waals surface area contributed by atoms with Crippen molar-refractivity contribution in [1.29, 1.82) is 0 Å². The number of anilines is 2. The Balaban J connectivity index is 1.69. The predicted octanol–water partition coefficient (Wildman–Crippen LogP) is 7.65. The van der Waals surface area contributed by atoms with E-state index in [-0.39, 0.29) is 10.6 Å². The molecular weight excluding hydrogens is 569 g/mol. The molecule has 0 spiro atoms. The van der Waals surface area contributed by atoms with Gasteiger partial charge in [0.2, 0.25) is 5.91 Å². The van der Waals surface area contributed by atoms with Gasteiger partial charge >= 0.3 is 6.18 Å². The minimum Gasteiger partial charge on any atom is -0.323 e. The maximum Gasteiger partial charge on any atom is 0.417 e. The third-order valence-corrected chi connectivity index (χ3v) is 8.77. The summed E-state index contributed by atoms with van der Waals surface area (Å²) in [7, 11) is -4.44. The third kappa shape index (κ3) is 6.95. The number of benzene rings is 4. The molecule has 0 heterocycles. The third-order valence-electron chi connectivity index (χ3n) is 5.57. The Morgan fingerprint density at radius 2 is 1.56 bits per heavy atom. The second-order valence-electron chi connectivity index (χ2n) is 8.45. The van der Waals surface area contributed by atoms with E-state index in [4.69, 9.17) is 11.6 Å². The smallest absolute Gasteiger partial charge is 0.323 e. The number of amides is 1. The molecule has 4 rings (SSSR count). The van der Waals surface area contributed by atoms with Crippen LogP contribution in [0.25, 0.3) is 0 Å². The molecule has 0 aliphatic heterocycles. The molecule has 4 aromatic carbocycles. The number of halogens is 4. The van der Waals surface area contributed by atoms with Crippen LogP contribution >= 0.6 is 23.4 Å². The standard InChI is InChI=1S/C28H22ClF3N2O3S2/c1-19-11-14-22(15-12-19)39(36,37)34(20-13-16-24(29)23(17-20)28(30,31)32)18-27(35)33-25-9-5-6-10-26(25)38-21-7-3-2-4-8-21/h2-17H,18H2,1H3,(H,33,35). The largest absolute Gasteiger partial charge is 0.417 e. The zero-order valence-electron chi connectivity index (χ0n) is 20.4. The molecule has 0 fully saturated rings. The average molecular weight is 591 g/mol. The number of aryl methyl sites for hydroxylation is 1. The van der Waals surface area contributed by atoms with E-state index in [1.165, 1.54) is 23.9 Å². The molecular formula is C28H22ClF3N2O3S2. The molecule has 4 aromatic rings. The van der Waals surface area contributed by atoms with Gasteiger partial charge in [-0.15, -0.1) is 0 Å². The van der Waals surface area contributed by atoms with Crippen molar-refractivity contribution in [2.45, 2.75) is 27.8 Å². The Morgan fingerprint density at radius 3 is 2.23 bits per heavy atom. The topological polar surface area (TPSA) is 66.5 Å². The van der Waals surface area contributed by atoms with Crippen LogP contribution < -0.4 is 9.62 Å². The van der Waals surface area contributed by atoms with Gasteiger partial charge in [0.25, 0.3) is 10.0 Å². The second-order valence-corrected chi connectivity index (χ2v) is 11.8. The van der Waals surface area contributed by atoms with Crippen LogP contribution in [0.1, 0.15) is 11.1 Å². The van der Waals surface area contributed by atoms with Crippen LogP contribution in [-0.4, -0.2) is 20.9 Å². The zero-order chi connectivity index (χ0) is 28.2. The van der Waals surface area contributed by atoms with Crippen molar-refractivity contribution >= 4 is 50.7 Å². The van der Waals surface area contributed by atoms with Gasteiger partial charge in [-0.3, -0.25) is 9.10 Å². The molecule has 11 heteroatoms. The number of carbonyl (C=O) groups is 1. The number of nitrogens with zero attached hydrogens (tertiary/aromatic N) is 1. The number of para-hydroxylation sites is 1. The van der Waals surface area contributed by atoms with Crippen molar-refractivity contribution in [1.82, 2.24) is 0 Å². The highest BCUT2D eigenvalue weighted by atomic mass is 35.5. The summed E-state index contributed by atoms with van der Waals surface area (Å²) >= 11 is 7.16. The highest BCUT2D eigenvalue weighted by Crippen LogP contribution is 2.38. The first-order valence-electron chi connectivity index (χ1n) is 11.5. The molecule has 0 aromatic heterocycles. The SMILES string of the molecule is Cc1ccc(S(=O)(=O)N(CC(=O)Nc2ccccc2Sc2ccccc2)c2ccc(Cl)c(C(F)(F)F)c2)cc1. The molecule has 0 saturated carbocycles. The van der Waals surface area contributed by atoms with E-state index >= 15 is 0 Å². The fraction of sp³-hybridized carbons (Fsp3) is 0.107. The van der Waals surface area contributed by atoms with Gasteiger partial charge in [-0.05, 0) is 61.5 Å². The molecule has 39 heavy (non-hydrogen) atoms. The van der Waals surface area contributed by atoms with E-state index in [1.54, 1.807) is 43.3 Å². The summed E-state index contributed by atoms with van der Waals surface area (Å²) in [5, 5.41) is 2.12. The fourth-order valence-corrected chi connectivity index (χ4v) is 6.19. The lowest BCUT2D eigenvalue weighted by Gasteiger charge is -2.25. The molecule has 0 radical (unpaired) electrons. The summed E-state index contributed by atoms with van der Waals surface area (Å²) in [6.07, 6.45) is -4.83. The lowest BCUT2D eigenvalue weighted by atomic mass is 10.2. The Bertz CT molecular complexity index is 1580. The molecule has 0 bridgehead atoms. The molecule has 202 valence electrons. The number of hydrogen-bond donors (Lipinski definition) is 1. The number of sulfonamides is 1. The van der Waals surface area contributed by atoms with Crippen LogP contribution in [0.3, 0.4) is 0 Å². The van der Waals surface area contributed by atoms with E-state index < -0.39 is 39.2 Å². The van der Waals surface area contributed by atoms with Crippen molar-refractivity contribution in [2.75, 3.05) is 16.2 Å². The molecule has 0 atom stereocenters. The highest BCUT2D eigenvalue weighted by molar-refractivity contribution is 7.99. The maximum absolute atomic E-state index is 13.6. The summed E-state index contributed by atoms with van der Waals surface area (Å²) in [6, 6.07) is 24.9. The van der Waals surface area contributed by atoms with Crippen molar-refractivity contribution in [3.05, 3.63) is 113 Å². The lowest BCUT2D eigenvalue weighted by Crippen LogP contribution is -2.38. The Labute approximate surface area is 233 Å². The van der Waals surface area contributed by atoms with Crippen molar-refractivity contribution in [2.24, 2.45) is 0 Å². The Kier molecular flexibility index (Phi) is 8.58. The molecule has 5 nitrogen and oxygen atoms in total. The van der Waals surface area contributed by atoms with E-state index in [0.29, 0.717) is 21.0 Å². The van der Waals surface area contributed by atoms with Crippen LogP contribution in [0.5, 0.6) is 0 Å². The average Bonchev–Trinajstić information content (AvgIpc) is 2.89. The molecule has 1 N–H and O–H groups in total. The van der Waals surface area contributed by atoms with Crippen molar-refractivity contribution in [3.63, 3.8) is 0 Å². The fourth-order valence-electron chi connectivity index (χ4n) is 3.63. The van der Waals surface area contributed by atoms with Crippen LogP contribution in [0.15, 0.2) is 112 Å². The summed E-state index contributed by atoms with van der Waals surface area (Å²) in [6.45, 7) is 0.987. The van der Waals surface area contributed by atoms with E-state index in [2.05, 4.69) is 5.32 Å². The highest BCUT2D eigenvalue weighted by Gasteiger charge is 2.35. The summed E-state index contributed by atoms with van der Waals surface area (Å²) in [5.41, 5.74) is -0.349. The van der Waals surface area contributed by atoms with Gasteiger partial charge < -0.3 is 5.32 Å². The first kappa shape index (κ1) is 28.5. The lowest BCUT2D eigenvalue weighted by molar-refractivity contribution is -0.137. The van der Waals surface area contributed by atoms with Gasteiger partial charge in [-0.1, -0.05) is 71.4 Å². The Morgan fingerprint density at radius 1 is 0.923 bits per heavy atom. The number of alkyl halides is 3. The summed E-state index contributed by atoms with van der Waals surface area (Å²) in [4.78, 5) is 14.7. The number of carbonyl (C=O) groups excluding carboxylic acids is 1.